The maximum Gasteiger partial charge on any atom is 0.209 e. The number of hydrogen-bond acceptors (Lipinski definition) is 3. The molecule has 0 aromatic rings. The van der Waals surface area contributed by atoms with Crippen molar-refractivity contribution in [3.63, 3.8) is 0 Å². The SMILES string of the molecule is CC1COCCN1C(=NC1CCCCC1)NN. The predicted octanol–water partition coefficient (Wildman–Crippen LogP) is 0.859. The zero-order chi connectivity index (χ0) is 12.1. The van der Waals surface area contributed by atoms with Gasteiger partial charge in [0.25, 0.3) is 0 Å². The van der Waals surface area contributed by atoms with Crippen LogP contribution in [0.5, 0.6) is 0 Å². The van der Waals surface area contributed by atoms with Gasteiger partial charge in [-0.05, 0) is 19.8 Å². The van der Waals surface area contributed by atoms with E-state index in [4.69, 9.17) is 15.6 Å². The predicted molar refractivity (Wildman–Crippen MR) is 68.6 cm³/mol. The van der Waals surface area contributed by atoms with E-state index in [1.54, 1.807) is 0 Å². The van der Waals surface area contributed by atoms with E-state index in [-0.39, 0.29) is 0 Å². The summed E-state index contributed by atoms with van der Waals surface area (Å²) in [4.78, 5) is 7.00. The minimum atomic E-state index is 0.349. The molecule has 0 aromatic heterocycles. The van der Waals surface area contributed by atoms with Gasteiger partial charge in [-0.25, -0.2) is 10.8 Å². The van der Waals surface area contributed by atoms with Crippen LogP contribution in [0.4, 0.5) is 0 Å². The molecule has 98 valence electrons. The summed E-state index contributed by atoms with van der Waals surface area (Å²) in [6.07, 6.45) is 6.34. The van der Waals surface area contributed by atoms with Gasteiger partial charge in [0, 0.05) is 6.54 Å². The molecule has 0 radical (unpaired) electrons. The number of nitrogens with zero attached hydrogens (tertiary/aromatic N) is 2. The molecule has 0 spiro atoms. The third-order valence-corrected chi connectivity index (χ3v) is 3.65. The molecule has 2 rings (SSSR count). The number of hydrazine groups is 1. The van der Waals surface area contributed by atoms with Gasteiger partial charge in [0.1, 0.15) is 0 Å². The number of aliphatic imine (C=N–C) groups is 1. The molecule has 0 aromatic carbocycles. The lowest BCUT2D eigenvalue weighted by Crippen LogP contribution is -2.54. The molecule has 1 aliphatic heterocycles. The molecular formula is C12H24N4O. The Labute approximate surface area is 103 Å². The van der Waals surface area contributed by atoms with Crippen molar-refractivity contribution in [2.45, 2.75) is 51.1 Å². The van der Waals surface area contributed by atoms with Crippen LogP contribution in [0.2, 0.25) is 0 Å². The van der Waals surface area contributed by atoms with Crippen molar-refractivity contribution in [3.8, 4) is 0 Å². The zero-order valence-corrected chi connectivity index (χ0v) is 10.7. The Hall–Kier alpha value is -0.810. The molecule has 2 aliphatic rings. The lowest BCUT2D eigenvalue weighted by atomic mass is 9.96. The first-order valence-electron chi connectivity index (χ1n) is 6.70. The first-order valence-corrected chi connectivity index (χ1v) is 6.70. The molecule has 1 saturated heterocycles. The third-order valence-electron chi connectivity index (χ3n) is 3.65. The second-order valence-corrected chi connectivity index (χ2v) is 5.01. The van der Waals surface area contributed by atoms with E-state index < -0.39 is 0 Å². The normalized spacial score (nSPS) is 28.2. The molecule has 17 heavy (non-hydrogen) atoms. The van der Waals surface area contributed by atoms with E-state index in [2.05, 4.69) is 17.2 Å². The molecule has 1 atom stereocenters. The van der Waals surface area contributed by atoms with Crippen molar-refractivity contribution < 1.29 is 4.74 Å². The molecule has 2 fully saturated rings. The Morgan fingerprint density at radius 3 is 2.76 bits per heavy atom. The Balaban J connectivity index is 2.00. The average Bonchev–Trinajstić information content (AvgIpc) is 2.38. The fraction of sp³-hybridized carbons (Fsp3) is 0.917. The standard InChI is InChI=1S/C12H24N4O/c1-10-9-17-8-7-16(10)12(15-13)14-11-5-3-2-4-6-11/h10-11H,2-9,13H2,1H3,(H,14,15). The van der Waals surface area contributed by atoms with Gasteiger partial charge in [0.05, 0.1) is 25.3 Å². The zero-order valence-electron chi connectivity index (χ0n) is 10.7. The second kappa shape index (κ2) is 6.21. The minimum Gasteiger partial charge on any atom is -0.377 e. The quantitative estimate of drug-likeness (QED) is 0.309. The number of ether oxygens (including phenoxy) is 1. The molecule has 5 heteroatoms. The molecular weight excluding hydrogens is 216 g/mol. The molecule has 1 unspecified atom stereocenters. The number of nitrogens with two attached hydrogens (primary N) is 1. The number of hydrogen-bond donors (Lipinski definition) is 2. The third kappa shape index (κ3) is 3.33. The molecule has 3 N–H and O–H groups in total. The van der Waals surface area contributed by atoms with Gasteiger partial charge in [0.2, 0.25) is 5.96 Å². The molecule has 0 amide bonds. The van der Waals surface area contributed by atoms with Crippen molar-refractivity contribution in [1.29, 1.82) is 0 Å². The van der Waals surface area contributed by atoms with Crippen LogP contribution >= 0.6 is 0 Å². The van der Waals surface area contributed by atoms with Gasteiger partial charge < -0.3 is 9.64 Å². The van der Waals surface area contributed by atoms with Crippen molar-refractivity contribution in [1.82, 2.24) is 10.3 Å². The fourth-order valence-electron chi connectivity index (χ4n) is 2.62. The number of morpholine rings is 1. The Morgan fingerprint density at radius 1 is 1.35 bits per heavy atom. The summed E-state index contributed by atoms with van der Waals surface area (Å²) in [7, 11) is 0. The summed E-state index contributed by atoms with van der Waals surface area (Å²) in [6.45, 7) is 4.53. The van der Waals surface area contributed by atoms with Gasteiger partial charge in [-0.15, -0.1) is 0 Å². The number of nitrogens with one attached hydrogen (secondary N) is 1. The van der Waals surface area contributed by atoms with Crippen LogP contribution < -0.4 is 11.3 Å². The van der Waals surface area contributed by atoms with Gasteiger partial charge in [0.15, 0.2) is 0 Å². The summed E-state index contributed by atoms with van der Waals surface area (Å²) in [6, 6.07) is 0.798. The van der Waals surface area contributed by atoms with E-state index in [1.807, 2.05) is 0 Å². The first kappa shape index (κ1) is 12.6. The largest absolute Gasteiger partial charge is 0.377 e. The lowest BCUT2D eigenvalue weighted by Gasteiger charge is -2.36. The molecule has 1 saturated carbocycles. The monoisotopic (exact) mass is 240 g/mol. The Bertz CT molecular complexity index is 263. The smallest absolute Gasteiger partial charge is 0.209 e. The van der Waals surface area contributed by atoms with Gasteiger partial charge in [-0.3, -0.25) is 5.43 Å². The molecule has 5 nitrogen and oxygen atoms in total. The molecule has 1 aliphatic carbocycles. The topological polar surface area (TPSA) is 62.9 Å². The van der Waals surface area contributed by atoms with Crippen LogP contribution in [0.25, 0.3) is 0 Å². The molecule has 1 heterocycles. The van der Waals surface area contributed by atoms with Crippen LogP contribution in [-0.2, 0) is 4.74 Å². The Morgan fingerprint density at radius 2 is 2.12 bits per heavy atom. The van der Waals surface area contributed by atoms with Crippen LogP contribution in [0.1, 0.15) is 39.0 Å². The van der Waals surface area contributed by atoms with E-state index in [1.165, 1.54) is 32.1 Å². The van der Waals surface area contributed by atoms with Crippen LogP contribution in [-0.4, -0.2) is 42.7 Å². The van der Waals surface area contributed by atoms with Gasteiger partial charge >= 0.3 is 0 Å². The van der Waals surface area contributed by atoms with E-state index >= 15 is 0 Å². The first-order chi connectivity index (χ1) is 8.31. The summed E-state index contributed by atoms with van der Waals surface area (Å²) >= 11 is 0. The van der Waals surface area contributed by atoms with Crippen molar-refractivity contribution in [2.24, 2.45) is 10.8 Å². The van der Waals surface area contributed by atoms with Crippen LogP contribution in [0, 0.1) is 0 Å². The lowest BCUT2D eigenvalue weighted by molar-refractivity contribution is 0.0313. The van der Waals surface area contributed by atoms with E-state index in [0.717, 1.165) is 25.7 Å². The highest BCUT2D eigenvalue weighted by atomic mass is 16.5. The maximum absolute atomic E-state index is 5.62. The highest BCUT2D eigenvalue weighted by Gasteiger charge is 2.23. The summed E-state index contributed by atoms with van der Waals surface area (Å²) in [5.41, 5.74) is 2.77. The van der Waals surface area contributed by atoms with Crippen LogP contribution in [0.15, 0.2) is 4.99 Å². The average molecular weight is 240 g/mol. The summed E-state index contributed by atoms with van der Waals surface area (Å²) in [5.74, 6) is 6.46. The highest BCUT2D eigenvalue weighted by molar-refractivity contribution is 5.80. The maximum atomic E-state index is 5.62. The van der Waals surface area contributed by atoms with E-state index in [0.29, 0.717) is 12.1 Å². The van der Waals surface area contributed by atoms with Crippen molar-refractivity contribution in [2.75, 3.05) is 19.8 Å². The minimum absolute atomic E-state index is 0.349. The van der Waals surface area contributed by atoms with Crippen molar-refractivity contribution >= 4 is 5.96 Å². The van der Waals surface area contributed by atoms with Crippen molar-refractivity contribution in [3.05, 3.63) is 0 Å². The van der Waals surface area contributed by atoms with Gasteiger partial charge in [-0.2, -0.15) is 0 Å². The number of guanidine groups is 1. The fourth-order valence-corrected chi connectivity index (χ4v) is 2.62. The molecule has 0 bridgehead atoms. The highest BCUT2D eigenvalue weighted by Crippen LogP contribution is 2.20. The number of rotatable bonds is 1. The second-order valence-electron chi connectivity index (χ2n) is 5.01. The van der Waals surface area contributed by atoms with E-state index in [9.17, 15) is 0 Å². The van der Waals surface area contributed by atoms with Gasteiger partial charge in [-0.1, -0.05) is 19.3 Å². The van der Waals surface area contributed by atoms with Crippen LogP contribution in [0.3, 0.4) is 0 Å². The Kier molecular flexibility index (Phi) is 4.62. The summed E-state index contributed by atoms with van der Waals surface area (Å²) in [5, 5.41) is 0. The summed E-state index contributed by atoms with van der Waals surface area (Å²) < 4.78 is 5.43.